The molecule has 0 saturated carbocycles. The fourth-order valence-corrected chi connectivity index (χ4v) is 1.69. The van der Waals surface area contributed by atoms with E-state index < -0.39 is 0 Å². The maximum Gasteiger partial charge on any atom is 0.321 e. The van der Waals surface area contributed by atoms with Gasteiger partial charge in [0.1, 0.15) is 0 Å². The van der Waals surface area contributed by atoms with E-state index in [1.807, 2.05) is 17.8 Å². The molecule has 20 heavy (non-hydrogen) atoms. The summed E-state index contributed by atoms with van der Waals surface area (Å²) in [6, 6.07) is 0.337. The highest BCUT2D eigenvalue weighted by molar-refractivity contribution is 5.54. The van der Waals surface area contributed by atoms with Gasteiger partial charge >= 0.3 is 6.01 Å². The quantitative estimate of drug-likeness (QED) is 0.833. The number of hydrogen-bond donors (Lipinski definition) is 1. The van der Waals surface area contributed by atoms with E-state index >= 15 is 0 Å². The lowest BCUT2D eigenvalue weighted by molar-refractivity contribution is 0.292. The van der Waals surface area contributed by atoms with Crippen molar-refractivity contribution >= 4 is 5.95 Å². The molecule has 0 radical (unpaired) electrons. The normalized spacial score (nSPS) is 10.6. The monoisotopic (exact) mass is 276 g/mol. The largest absolute Gasteiger partial charge is 0.463 e. The molecule has 2 rings (SSSR count). The van der Waals surface area contributed by atoms with Crippen molar-refractivity contribution in [1.82, 2.24) is 24.7 Å². The molecule has 7 heteroatoms. The molecule has 0 spiro atoms. The van der Waals surface area contributed by atoms with Crippen LogP contribution < -0.4 is 10.1 Å². The summed E-state index contributed by atoms with van der Waals surface area (Å²) in [6.45, 7) is 5.61. The van der Waals surface area contributed by atoms with Gasteiger partial charge in [-0.15, -0.1) is 0 Å². The van der Waals surface area contributed by atoms with E-state index in [-0.39, 0.29) is 0 Å². The van der Waals surface area contributed by atoms with E-state index in [1.54, 1.807) is 13.2 Å². The molecule has 0 bridgehead atoms. The highest BCUT2D eigenvalue weighted by atomic mass is 16.5. The van der Waals surface area contributed by atoms with Crippen molar-refractivity contribution in [2.75, 3.05) is 19.0 Å². The molecule has 7 nitrogen and oxygen atoms in total. The highest BCUT2D eigenvalue weighted by Crippen LogP contribution is 2.18. The van der Waals surface area contributed by atoms with Crippen LogP contribution in [0.1, 0.15) is 26.7 Å². The molecular formula is C13H20N6O. The van der Waals surface area contributed by atoms with Crippen molar-refractivity contribution in [2.45, 2.75) is 33.2 Å². The van der Waals surface area contributed by atoms with E-state index in [4.69, 9.17) is 4.74 Å². The van der Waals surface area contributed by atoms with Crippen LogP contribution in [-0.2, 0) is 6.54 Å². The van der Waals surface area contributed by atoms with Gasteiger partial charge in [-0.3, -0.25) is 4.68 Å². The molecule has 0 aliphatic rings. The average Bonchev–Trinajstić information content (AvgIpc) is 2.94. The third-order valence-corrected chi connectivity index (χ3v) is 2.62. The number of ether oxygens (including phenoxy) is 1. The molecule has 2 heterocycles. The van der Waals surface area contributed by atoms with Crippen LogP contribution in [0.2, 0.25) is 0 Å². The van der Waals surface area contributed by atoms with E-state index in [1.165, 1.54) is 0 Å². The lowest BCUT2D eigenvalue weighted by Crippen LogP contribution is -2.06. The summed E-state index contributed by atoms with van der Waals surface area (Å²) in [4.78, 5) is 12.8. The third-order valence-electron chi connectivity index (χ3n) is 2.62. The first-order chi connectivity index (χ1) is 9.76. The summed E-state index contributed by atoms with van der Waals surface area (Å²) < 4.78 is 7.36. The Labute approximate surface area is 118 Å². The molecule has 0 aliphatic carbocycles. The number of nitrogens with one attached hydrogen (secondary N) is 1. The molecule has 2 aromatic rings. The predicted molar refractivity (Wildman–Crippen MR) is 76.7 cm³/mol. The van der Waals surface area contributed by atoms with Gasteiger partial charge in [0.05, 0.1) is 18.4 Å². The fourth-order valence-electron chi connectivity index (χ4n) is 1.69. The molecule has 0 aliphatic heterocycles. The van der Waals surface area contributed by atoms with Crippen molar-refractivity contribution in [3.05, 3.63) is 12.4 Å². The zero-order valence-electron chi connectivity index (χ0n) is 12.1. The van der Waals surface area contributed by atoms with Gasteiger partial charge < -0.3 is 10.1 Å². The number of nitrogens with zero attached hydrogens (tertiary/aromatic N) is 5. The standard InChI is InChI=1S/C13H20N6O/c1-4-6-19-9-10(8-15-19)11-16-12(14-3)18-13(17-11)20-7-5-2/h8-9H,4-7H2,1-3H3,(H,14,16,17,18). The Bertz CT molecular complexity index is 554. The first kappa shape index (κ1) is 14.2. The first-order valence-corrected chi connectivity index (χ1v) is 6.86. The number of rotatable bonds is 7. The van der Waals surface area contributed by atoms with Gasteiger partial charge in [-0.2, -0.15) is 20.1 Å². The lowest BCUT2D eigenvalue weighted by Gasteiger charge is -2.06. The SMILES string of the molecule is CCCOc1nc(NC)nc(-c2cnn(CCC)c2)n1. The van der Waals surface area contributed by atoms with Crippen LogP contribution in [0.15, 0.2) is 12.4 Å². The van der Waals surface area contributed by atoms with Crippen LogP contribution in [-0.4, -0.2) is 38.4 Å². The second kappa shape index (κ2) is 6.83. The summed E-state index contributed by atoms with van der Waals surface area (Å²) in [5.74, 6) is 1.06. The number of aryl methyl sites for hydroxylation is 1. The van der Waals surface area contributed by atoms with Gasteiger partial charge in [-0.05, 0) is 12.8 Å². The average molecular weight is 276 g/mol. The fraction of sp³-hybridized carbons (Fsp3) is 0.538. The molecule has 0 atom stereocenters. The molecule has 0 fully saturated rings. The van der Waals surface area contributed by atoms with E-state index in [9.17, 15) is 0 Å². The Hall–Kier alpha value is -2.18. The minimum atomic E-state index is 0.337. The van der Waals surface area contributed by atoms with Crippen LogP contribution in [0.5, 0.6) is 6.01 Å². The zero-order chi connectivity index (χ0) is 14.4. The first-order valence-electron chi connectivity index (χ1n) is 6.86. The van der Waals surface area contributed by atoms with Crippen LogP contribution in [0.3, 0.4) is 0 Å². The topological polar surface area (TPSA) is 77.8 Å². The van der Waals surface area contributed by atoms with E-state index in [0.29, 0.717) is 24.4 Å². The Morgan fingerprint density at radius 2 is 2.05 bits per heavy atom. The second-order valence-electron chi connectivity index (χ2n) is 4.36. The smallest absolute Gasteiger partial charge is 0.321 e. The van der Waals surface area contributed by atoms with Crippen LogP contribution in [0.4, 0.5) is 5.95 Å². The summed E-state index contributed by atoms with van der Waals surface area (Å²) in [6.07, 6.45) is 5.63. The molecule has 0 saturated heterocycles. The minimum absolute atomic E-state index is 0.337. The molecule has 1 N–H and O–H groups in total. The number of hydrogen-bond acceptors (Lipinski definition) is 6. The summed E-state index contributed by atoms with van der Waals surface area (Å²) in [5, 5.41) is 7.20. The van der Waals surface area contributed by atoms with Crippen LogP contribution in [0, 0.1) is 0 Å². The van der Waals surface area contributed by atoms with Crippen molar-refractivity contribution in [3.63, 3.8) is 0 Å². The molecule has 0 unspecified atom stereocenters. The molecule has 0 aromatic carbocycles. The highest BCUT2D eigenvalue weighted by Gasteiger charge is 2.10. The van der Waals surface area contributed by atoms with Gasteiger partial charge in [-0.25, -0.2) is 0 Å². The van der Waals surface area contributed by atoms with E-state index in [0.717, 1.165) is 24.9 Å². The predicted octanol–water partition coefficient (Wildman–Crippen LogP) is 1.98. The minimum Gasteiger partial charge on any atom is -0.463 e. The van der Waals surface area contributed by atoms with Crippen molar-refractivity contribution in [2.24, 2.45) is 0 Å². The van der Waals surface area contributed by atoms with Gasteiger partial charge in [0.15, 0.2) is 5.82 Å². The van der Waals surface area contributed by atoms with Crippen molar-refractivity contribution in [1.29, 1.82) is 0 Å². The van der Waals surface area contributed by atoms with Gasteiger partial charge in [0.2, 0.25) is 5.95 Å². The Kier molecular flexibility index (Phi) is 4.86. The number of aromatic nitrogens is 5. The lowest BCUT2D eigenvalue weighted by atomic mass is 10.3. The molecule has 0 amide bonds. The van der Waals surface area contributed by atoms with Gasteiger partial charge in [-0.1, -0.05) is 13.8 Å². The Balaban J connectivity index is 2.28. The summed E-state index contributed by atoms with van der Waals surface area (Å²) in [5.41, 5.74) is 0.860. The van der Waals surface area contributed by atoms with Crippen molar-refractivity contribution in [3.8, 4) is 17.4 Å². The maximum absolute atomic E-state index is 5.48. The maximum atomic E-state index is 5.48. The third kappa shape index (κ3) is 3.43. The van der Waals surface area contributed by atoms with Crippen LogP contribution >= 0.6 is 0 Å². The van der Waals surface area contributed by atoms with Gasteiger partial charge in [0.25, 0.3) is 0 Å². The molecular weight excluding hydrogens is 256 g/mol. The Morgan fingerprint density at radius 3 is 2.75 bits per heavy atom. The Morgan fingerprint density at radius 1 is 1.20 bits per heavy atom. The second-order valence-corrected chi connectivity index (χ2v) is 4.36. The molecule has 108 valence electrons. The van der Waals surface area contributed by atoms with E-state index in [2.05, 4.69) is 32.3 Å². The summed E-state index contributed by atoms with van der Waals surface area (Å²) in [7, 11) is 1.77. The zero-order valence-corrected chi connectivity index (χ0v) is 12.1. The summed E-state index contributed by atoms with van der Waals surface area (Å²) >= 11 is 0. The van der Waals surface area contributed by atoms with Gasteiger partial charge in [0, 0.05) is 19.8 Å². The number of anilines is 1. The molecule has 2 aromatic heterocycles. The van der Waals surface area contributed by atoms with Crippen molar-refractivity contribution < 1.29 is 4.74 Å². The van der Waals surface area contributed by atoms with Crippen LogP contribution in [0.25, 0.3) is 11.4 Å².